The molecule has 7 atom stereocenters. The maximum Gasteiger partial charge on any atom is 0.257 e. The zero-order valence-corrected chi connectivity index (χ0v) is 17.8. The summed E-state index contributed by atoms with van der Waals surface area (Å²) in [6, 6.07) is 10.2. The summed E-state index contributed by atoms with van der Waals surface area (Å²) in [5, 5.41) is 21.6. The molecule has 3 bridgehead atoms. The molecular formula is C25H30N4O2. The van der Waals surface area contributed by atoms with Gasteiger partial charge in [-0.2, -0.15) is 5.10 Å². The molecule has 31 heavy (non-hydrogen) atoms. The van der Waals surface area contributed by atoms with Crippen molar-refractivity contribution >= 4 is 11.7 Å². The topological polar surface area (TPSA) is 79.2 Å². The zero-order chi connectivity index (χ0) is 20.8. The zero-order valence-electron chi connectivity index (χ0n) is 17.8. The molecule has 1 aromatic carbocycles. The Bertz CT molecular complexity index is 1050. The third-order valence-electron chi connectivity index (χ3n) is 9.46. The molecule has 6 nitrogen and oxygen atoms in total. The highest BCUT2D eigenvalue weighted by atomic mass is 16.3. The molecule has 1 aromatic heterocycles. The van der Waals surface area contributed by atoms with E-state index in [0.717, 1.165) is 42.8 Å². The molecule has 4 saturated carbocycles. The lowest BCUT2D eigenvalue weighted by Crippen LogP contribution is -2.50. The van der Waals surface area contributed by atoms with Crippen LogP contribution in [0.5, 0.6) is 0 Å². The van der Waals surface area contributed by atoms with Crippen LogP contribution >= 0.6 is 0 Å². The summed E-state index contributed by atoms with van der Waals surface area (Å²) in [6.45, 7) is 0.0119. The second-order valence-corrected chi connectivity index (χ2v) is 11.0. The van der Waals surface area contributed by atoms with Gasteiger partial charge in [-0.1, -0.05) is 30.3 Å². The van der Waals surface area contributed by atoms with Gasteiger partial charge in [-0.05, 0) is 73.7 Å². The summed E-state index contributed by atoms with van der Waals surface area (Å²) < 4.78 is 1.81. The number of aromatic nitrogens is 2. The Morgan fingerprint density at radius 1 is 1.16 bits per heavy atom. The summed E-state index contributed by atoms with van der Waals surface area (Å²) >= 11 is 0. The molecule has 5 unspecified atom stereocenters. The number of nitrogens with zero attached hydrogens (tertiary/aromatic N) is 2. The van der Waals surface area contributed by atoms with Gasteiger partial charge in [0, 0.05) is 5.54 Å². The Kier molecular flexibility index (Phi) is 3.61. The second kappa shape index (κ2) is 6.12. The van der Waals surface area contributed by atoms with Crippen molar-refractivity contribution in [3.63, 3.8) is 0 Å². The number of aliphatic hydroxyl groups is 1. The van der Waals surface area contributed by atoms with Crippen LogP contribution in [0.1, 0.15) is 73.0 Å². The monoisotopic (exact) mass is 418 g/mol. The first-order valence-electron chi connectivity index (χ1n) is 11.9. The first-order valence-corrected chi connectivity index (χ1v) is 11.9. The van der Waals surface area contributed by atoms with Gasteiger partial charge in [-0.25, -0.2) is 4.68 Å². The molecule has 162 valence electrons. The molecule has 2 heterocycles. The van der Waals surface area contributed by atoms with Gasteiger partial charge in [-0.15, -0.1) is 0 Å². The Balaban J connectivity index is 1.18. The fourth-order valence-corrected chi connectivity index (χ4v) is 8.41. The lowest BCUT2D eigenvalue weighted by Gasteiger charge is -2.49. The molecule has 5 aliphatic rings. The number of rotatable bonds is 4. The number of aliphatic hydroxyl groups excluding tert-OH is 1. The Hall–Kier alpha value is -2.34. The van der Waals surface area contributed by atoms with Crippen LogP contribution < -0.4 is 10.6 Å². The number of benzene rings is 1. The molecule has 0 saturated heterocycles. The van der Waals surface area contributed by atoms with Crippen molar-refractivity contribution in [3.8, 4) is 0 Å². The largest absolute Gasteiger partial charge is 0.394 e. The minimum atomic E-state index is -0.131. The molecule has 4 fully saturated rings. The number of hydrogen-bond donors (Lipinski definition) is 3. The van der Waals surface area contributed by atoms with Gasteiger partial charge in [-0.3, -0.25) is 4.79 Å². The molecule has 2 aromatic rings. The highest BCUT2D eigenvalue weighted by Crippen LogP contribution is 2.76. The van der Waals surface area contributed by atoms with E-state index < -0.39 is 0 Å². The molecule has 1 amide bonds. The predicted octanol–water partition coefficient (Wildman–Crippen LogP) is 3.67. The summed E-state index contributed by atoms with van der Waals surface area (Å²) in [4.78, 5) is 13.6. The van der Waals surface area contributed by atoms with E-state index in [9.17, 15) is 9.90 Å². The van der Waals surface area contributed by atoms with Crippen LogP contribution in [-0.4, -0.2) is 32.9 Å². The normalized spacial score (nSPS) is 41.3. The van der Waals surface area contributed by atoms with E-state index in [1.807, 2.05) is 22.9 Å². The van der Waals surface area contributed by atoms with Crippen LogP contribution in [0, 0.1) is 23.2 Å². The molecule has 3 N–H and O–H groups in total. The van der Waals surface area contributed by atoms with E-state index in [0.29, 0.717) is 11.0 Å². The lowest BCUT2D eigenvalue weighted by molar-refractivity contribution is -0.000690. The van der Waals surface area contributed by atoms with Crippen molar-refractivity contribution in [2.75, 3.05) is 11.9 Å². The van der Waals surface area contributed by atoms with Crippen molar-refractivity contribution in [2.45, 2.75) is 62.6 Å². The molecule has 6 heteroatoms. The van der Waals surface area contributed by atoms with Crippen LogP contribution in [0.15, 0.2) is 36.5 Å². The first kappa shape index (κ1) is 18.3. The number of hydrogen-bond acceptors (Lipinski definition) is 4. The van der Waals surface area contributed by atoms with Gasteiger partial charge >= 0.3 is 0 Å². The van der Waals surface area contributed by atoms with E-state index in [2.05, 4.69) is 27.9 Å². The smallest absolute Gasteiger partial charge is 0.257 e. The van der Waals surface area contributed by atoms with E-state index in [-0.39, 0.29) is 30.1 Å². The maximum atomic E-state index is 13.6. The van der Waals surface area contributed by atoms with Crippen molar-refractivity contribution < 1.29 is 9.90 Å². The third kappa shape index (κ3) is 2.43. The molecule has 1 spiro atoms. The molecule has 0 radical (unpaired) electrons. The van der Waals surface area contributed by atoms with Gasteiger partial charge in [0.15, 0.2) is 0 Å². The fraction of sp³-hybridized carbons (Fsp3) is 0.600. The summed E-state index contributed by atoms with van der Waals surface area (Å²) in [5.74, 6) is 3.28. The van der Waals surface area contributed by atoms with Gasteiger partial charge in [0.05, 0.1) is 24.9 Å². The van der Waals surface area contributed by atoms with Gasteiger partial charge in [0.2, 0.25) is 0 Å². The van der Waals surface area contributed by atoms with Crippen molar-refractivity contribution in [1.29, 1.82) is 0 Å². The number of nitrogens with one attached hydrogen (secondary N) is 2. The van der Waals surface area contributed by atoms with Crippen LogP contribution in [0.2, 0.25) is 0 Å². The number of anilines is 1. The molecule has 7 rings (SSSR count). The van der Waals surface area contributed by atoms with Crippen LogP contribution in [0.25, 0.3) is 0 Å². The van der Waals surface area contributed by atoms with Crippen LogP contribution in [0.4, 0.5) is 5.82 Å². The average molecular weight is 419 g/mol. The highest BCUT2D eigenvalue weighted by molar-refractivity contribution is 5.99. The third-order valence-corrected chi connectivity index (χ3v) is 9.46. The fourth-order valence-electron chi connectivity index (χ4n) is 8.41. The standard InChI is InChI=1S/C25H30N4O2/c30-13-19-8-21(16-4-2-1-3-5-16)27-22-20(12-26-29(19)22)23(31)28-24-9-15-6-17-7-18(11-24)25(17,10-15)14-24/h1-5,12,15,17-19,21,27,30H,6-11,13-14H2,(H,28,31)/t15?,17?,18?,19-,21+,24?,25?/m0/s1. The van der Waals surface area contributed by atoms with E-state index in [1.54, 1.807) is 6.20 Å². The quantitative estimate of drug-likeness (QED) is 0.708. The molecule has 1 aliphatic heterocycles. The average Bonchev–Trinajstić information content (AvgIpc) is 3.35. The number of carbonyl (C=O) groups is 1. The minimum absolute atomic E-state index is 0.00491. The van der Waals surface area contributed by atoms with E-state index >= 15 is 0 Å². The highest BCUT2D eigenvalue weighted by Gasteiger charge is 2.71. The Morgan fingerprint density at radius 2 is 2.03 bits per heavy atom. The van der Waals surface area contributed by atoms with Gasteiger partial charge in [0.25, 0.3) is 5.91 Å². The van der Waals surface area contributed by atoms with Crippen molar-refractivity contribution in [3.05, 3.63) is 47.7 Å². The number of amides is 1. The molecular weight excluding hydrogens is 388 g/mol. The van der Waals surface area contributed by atoms with Crippen LogP contribution in [0.3, 0.4) is 0 Å². The lowest BCUT2D eigenvalue weighted by atomic mass is 9.56. The van der Waals surface area contributed by atoms with Crippen LogP contribution in [-0.2, 0) is 0 Å². The SMILES string of the molecule is O=C(NC12CC3CC4CC(C1)C4(C3)C2)c1cnn2c1N[C@@H](c1ccccc1)C[C@H]2CO. The number of fused-ring (bicyclic) bond motifs is 3. The second-order valence-electron chi connectivity index (χ2n) is 11.0. The molecule has 4 aliphatic carbocycles. The number of carbonyl (C=O) groups excluding carboxylic acids is 1. The minimum Gasteiger partial charge on any atom is -0.394 e. The van der Waals surface area contributed by atoms with E-state index in [1.165, 1.54) is 31.2 Å². The summed E-state index contributed by atoms with van der Waals surface area (Å²) in [7, 11) is 0. The summed E-state index contributed by atoms with van der Waals surface area (Å²) in [5.41, 5.74) is 2.31. The Morgan fingerprint density at radius 3 is 2.87 bits per heavy atom. The maximum absolute atomic E-state index is 13.6. The predicted molar refractivity (Wildman–Crippen MR) is 117 cm³/mol. The van der Waals surface area contributed by atoms with Gasteiger partial charge < -0.3 is 15.7 Å². The van der Waals surface area contributed by atoms with Crippen molar-refractivity contribution in [1.82, 2.24) is 15.1 Å². The Labute approximate surface area is 182 Å². The van der Waals surface area contributed by atoms with Gasteiger partial charge in [0.1, 0.15) is 11.4 Å². The van der Waals surface area contributed by atoms with E-state index in [4.69, 9.17) is 0 Å². The summed E-state index contributed by atoms with van der Waals surface area (Å²) in [6.07, 6.45) is 10.1. The first-order chi connectivity index (χ1) is 15.1. The van der Waals surface area contributed by atoms with Crippen molar-refractivity contribution in [2.24, 2.45) is 23.2 Å².